The number of aliphatic hydroxyl groups is 3. The van der Waals surface area contributed by atoms with Crippen LogP contribution in [0.5, 0.6) is 0 Å². The monoisotopic (exact) mass is 388 g/mol. The SMILES string of the molecule is O=S(=O)(c1ccccc1)n1c([C@@H]2N[C@H](CO)[C@@H](O)[C@H]2O)cc2ccccc21. The van der Waals surface area contributed by atoms with Gasteiger partial charge in [-0.25, -0.2) is 12.4 Å². The third-order valence-corrected chi connectivity index (χ3v) is 6.74. The Bertz CT molecular complexity index is 1060. The van der Waals surface area contributed by atoms with Crippen LogP contribution in [0.4, 0.5) is 0 Å². The van der Waals surface area contributed by atoms with Crippen molar-refractivity contribution < 1.29 is 23.7 Å². The maximum atomic E-state index is 13.4. The second-order valence-electron chi connectivity index (χ2n) is 6.63. The third kappa shape index (κ3) is 2.86. The number of aliphatic hydroxyl groups excluding tert-OH is 3. The molecule has 2 heterocycles. The van der Waals surface area contributed by atoms with Crippen LogP contribution in [0.1, 0.15) is 11.7 Å². The molecule has 0 radical (unpaired) electrons. The molecule has 1 aliphatic rings. The van der Waals surface area contributed by atoms with Gasteiger partial charge in [0, 0.05) is 5.39 Å². The maximum absolute atomic E-state index is 13.4. The van der Waals surface area contributed by atoms with Gasteiger partial charge in [0.15, 0.2) is 0 Å². The zero-order valence-electron chi connectivity index (χ0n) is 14.3. The molecular weight excluding hydrogens is 368 g/mol. The third-order valence-electron chi connectivity index (χ3n) is 4.99. The van der Waals surface area contributed by atoms with Crippen molar-refractivity contribution in [1.29, 1.82) is 0 Å². The normalized spacial score (nSPS) is 25.9. The number of rotatable bonds is 4. The van der Waals surface area contributed by atoms with Gasteiger partial charge in [-0.2, -0.15) is 0 Å². The number of fused-ring (bicyclic) bond motifs is 1. The molecule has 3 aromatic rings. The van der Waals surface area contributed by atoms with E-state index in [-0.39, 0.29) is 11.5 Å². The summed E-state index contributed by atoms with van der Waals surface area (Å²) in [7, 11) is -3.93. The Morgan fingerprint density at radius 3 is 2.30 bits per heavy atom. The number of nitrogens with zero attached hydrogens (tertiary/aromatic N) is 1. The van der Waals surface area contributed by atoms with E-state index in [4.69, 9.17) is 0 Å². The zero-order valence-corrected chi connectivity index (χ0v) is 15.1. The van der Waals surface area contributed by atoms with E-state index in [2.05, 4.69) is 5.32 Å². The van der Waals surface area contributed by atoms with Gasteiger partial charge < -0.3 is 15.3 Å². The Labute approximate surface area is 156 Å². The molecular formula is C19H20N2O5S. The highest BCUT2D eigenvalue weighted by Gasteiger charge is 2.43. The van der Waals surface area contributed by atoms with Crippen molar-refractivity contribution in [3.05, 3.63) is 66.4 Å². The van der Waals surface area contributed by atoms with Gasteiger partial charge in [-0.05, 0) is 24.3 Å². The van der Waals surface area contributed by atoms with E-state index >= 15 is 0 Å². The lowest BCUT2D eigenvalue weighted by Gasteiger charge is -2.19. The van der Waals surface area contributed by atoms with Gasteiger partial charge in [0.2, 0.25) is 0 Å². The summed E-state index contributed by atoms with van der Waals surface area (Å²) in [5.41, 5.74) is 0.787. The lowest BCUT2D eigenvalue weighted by Crippen LogP contribution is -2.35. The maximum Gasteiger partial charge on any atom is 0.268 e. The lowest BCUT2D eigenvalue weighted by atomic mass is 10.1. The Balaban J connectivity index is 1.94. The topological polar surface area (TPSA) is 112 Å². The Morgan fingerprint density at radius 1 is 0.963 bits per heavy atom. The van der Waals surface area contributed by atoms with Crippen LogP contribution in [0.2, 0.25) is 0 Å². The second kappa shape index (κ2) is 6.74. The highest BCUT2D eigenvalue weighted by Crippen LogP contribution is 2.34. The number of hydrogen-bond donors (Lipinski definition) is 4. The predicted octanol–water partition coefficient (Wildman–Crippen LogP) is 0.605. The Morgan fingerprint density at radius 2 is 1.63 bits per heavy atom. The molecule has 7 nitrogen and oxygen atoms in total. The smallest absolute Gasteiger partial charge is 0.268 e. The zero-order chi connectivity index (χ0) is 19.2. The minimum atomic E-state index is -3.93. The molecule has 1 aliphatic heterocycles. The second-order valence-corrected chi connectivity index (χ2v) is 8.41. The van der Waals surface area contributed by atoms with E-state index in [9.17, 15) is 23.7 Å². The summed E-state index contributed by atoms with van der Waals surface area (Å²) in [5.74, 6) is 0. The van der Waals surface area contributed by atoms with Crippen LogP contribution in [-0.2, 0) is 10.0 Å². The Kier molecular flexibility index (Phi) is 4.53. The van der Waals surface area contributed by atoms with Crippen LogP contribution in [0.25, 0.3) is 10.9 Å². The van der Waals surface area contributed by atoms with Crippen LogP contribution < -0.4 is 5.32 Å². The van der Waals surface area contributed by atoms with Gasteiger partial charge >= 0.3 is 0 Å². The first kappa shape index (κ1) is 18.1. The van der Waals surface area contributed by atoms with Crippen LogP contribution in [-0.4, -0.2) is 52.6 Å². The molecule has 0 aliphatic carbocycles. The van der Waals surface area contributed by atoms with Crippen molar-refractivity contribution >= 4 is 20.9 Å². The van der Waals surface area contributed by atoms with E-state index in [0.29, 0.717) is 16.6 Å². The van der Waals surface area contributed by atoms with E-state index in [1.165, 1.54) is 16.1 Å². The quantitative estimate of drug-likeness (QED) is 0.521. The summed E-state index contributed by atoms with van der Waals surface area (Å²) in [6.07, 6.45) is -2.46. The van der Waals surface area contributed by atoms with Crippen molar-refractivity contribution in [3.63, 3.8) is 0 Å². The average Bonchev–Trinajstić information content (AvgIpc) is 3.21. The molecule has 4 atom stereocenters. The molecule has 0 bridgehead atoms. The molecule has 1 saturated heterocycles. The van der Waals surface area contributed by atoms with Crippen molar-refractivity contribution in [2.24, 2.45) is 0 Å². The molecule has 1 aromatic heterocycles. The minimum Gasteiger partial charge on any atom is -0.395 e. The molecule has 4 rings (SSSR count). The van der Waals surface area contributed by atoms with Gasteiger partial charge in [0.05, 0.1) is 40.9 Å². The van der Waals surface area contributed by atoms with Crippen LogP contribution in [0.3, 0.4) is 0 Å². The molecule has 0 amide bonds. The molecule has 0 spiro atoms. The van der Waals surface area contributed by atoms with Crippen molar-refractivity contribution in [2.75, 3.05) is 6.61 Å². The molecule has 4 N–H and O–H groups in total. The molecule has 142 valence electrons. The predicted molar refractivity (Wildman–Crippen MR) is 99.7 cm³/mol. The van der Waals surface area contributed by atoms with Gasteiger partial charge in [-0.1, -0.05) is 36.4 Å². The number of hydrogen-bond acceptors (Lipinski definition) is 6. The van der Waals surface area contributed by atoms with Crippen LogP contribution >= 0.6 is 0 Å². The molecule has 0 saturated carbocycles. The Hall–Kier alpha value is -2.23. The summed E-state index contributed by atoms with van der Waals surface area (Å²) in [4.78, 5) is 0.124. The summed E-state index contributed by atoms with van der Waals surface area (Å²) in [6.45, 7) is -0.375. The fraction of sp³-hybridized carbons (Fsp3) is 0.263. The summed E-state index contributed by atoms with van der Waals surface area (Å²) >= 11 is 0. The molecule has 8 heteroatoms. The largest absolute Gasteiger partial charge is 0.395 e. The van der Waals surface area contributed by atoms with Crippen molar-refractivity contribution in [3.8, 4) is 0 Å². The first-order valence-electron chi connectivity index (χ1n) is 8.59. The molecule has 0 unspecified atom stereocenters. The van der Waals surface area contributed by atoms with Crippen LogP contribution in [0, 0.1) is 0 Å². The van der Waals surface area contributed by atoms with E-state index in [1.807, 2.05) is 0 Å². The highest BCUT2D eigenvalue weighted by atomic mass is 32.2. The van der Waals surface area contributed by atoms with Crippen molar-refractivity contribution in [2.45, 2.75) is 29.2 Å². The molecule has 27 heavy (non-hydrogen) atoms. The lowest BCUT2D eigenvalue weighted by molar-refractivity contribution is 0.0190. The number of nitrogens with one attached hydrogen (secondary N) is 1. The fourth-order valence-corrected chi connectivity index (χ4v) is 5.20. The summed E-state index contributed by atoms with van der Waals surface area (Å²) in [6, 6.07) is 15.2. The average molecular weight is 388 g/mol. The number of benzene rings is 2. The molecule has 2 aromatic carbocycles. The summed E-state index contributed by atoms with van der Waals surface area (Å²) in [5, 5.41) is 33.7. The van der Waals surface area contributed by atoms with Crippen molar-refractivity contribution in [1.82, 2.24) is 9.29 Å². The fourth-order valence-electron chi connectivity index (χ4n) is 3.62. The van der Waals surface area contributed by atoms with Gasteiger partial charge in [-0.15, -0.1) is 0 Å². The number of aromatic nitrogens is 1. The van der Waals surface area contributed by atoms with Gasteiger partial charge in [0.1, 0.15) is 6.10 Å². The summed E-state index contributed by atoms with van der Waals surface area (Å²) < 4.78 is 27.9. The van der Waals surface area contributed by atoms with E-state index in [0.717, 1.165) is 0 Å². The number of para-hydroxylation sites is 1. The van der Waals surface area contributed by atoms with E-state index < -0.39 is 34.3 Å². The minimum absolute atomic E-state index is 0.124. The molecule has 1 fully saturated rings. The van der Waals surface area contributed by atoms with E-state index in [1.54, 1.807) is 48.5 Å². The van der Waals surface area contributed by atoms with Gasteiger partial charge in [0.25, 0.3) is 10.0 Å². The standard InChI is InChI=1S/C19H20N2O5S/c22-11-14-18(23)19(24)17(20-14)16-10-12-6-4-5-9-15(12)21(16)27(25,26)13-7-2-1-3-8-13/h1-10,14,17-20,22-24H,11H2/t14-,17+,18-,19+/m1/s1. The first-order valence-corrected chi connectivity index (χ1v) is 10.0. The first-order chi connectivity index (χ1) is 12.9. The van der Waals surface area contributed by atoms with Gasteiger partial charge in [-0.3, -0.25) is 5.32 Å². The highest BCUT2D eigenvalue weighted by molar-refractivity contribution is 7.90. The van der Waals surface area contributed by atoms with Crippen LogP contribution in [0.15, 0.2) is 65.6 Å².